The van der Waals surface area contributed by atoms with Gasteiger partial charge in [-0.05, 0) is 18.3 Å². The average molecular weight is 356 g/mol. The summed E-state index contributed by atoms with van der Waals surface area (Å²) >= 11 is 7.25. The largest absolute Gasteiger partial charge is 0.481 e. The Labute approximate surface area is 112 Å². The van der Waals surface area contributed by atoms with Crippen molar-refractivity contribution in [3.8, 4) is 0 Å². The third-order valence-corrected chi connectivity index (χ3v) is 8.34. The quantitative estimate of drug-likeness (QED) is 0.748. The summed E-state index contributed by atoms with van der Waals surface area (Å²) in [6.45, 7) is 3.94. The molecule has 3 nitrogen and oxygen atoms in total. The van der Waals surface area contributed by atoms with E-state index in [1.165, 1.54) is 0 Å². The van der Waals surface area contributed by atoms with Crippen molar-refractivity contribution in [3.05, 3.63) is 0 Å². The summed E-state index contributed by atoms with van der Waals surface area (Å²) in [5.41, 5.74) is -0.747. The third-order valence-electron chi connectivity index (χ3n) is 4.75. The van der Waals surface area contributed by atoms with Gasteiger partial charge in [0.15, 0.2) is 0 Å². The summed E-state index contributed by atoms with van der Waals surface area (Å²) in [7, 11) is 0. The highest BCUT2D eigenvalue weighted by Crippen LogP contribution is 2.72. The van der Waals surface area contributed by atoms with Gasteiger partial charge in [-0.2, -0.15) is 0 Å². The number of alkyl halides is 2. The number of aliphatic hydroxyl groups is 1. The van der Waals surface area contributed by atoms with Crippen LogP contribution < -0.4 is 0 Å². The van der Waals surface area contributed by atoms with Crippen molar-refractivity contribution >= 4 is 37.8 Å². The van der Waals surface area contributed by atoms with Crippen molar-refractivity contribution in [2.45, 2.75) is 48.4 Å². The highest BCUT2D eigenvalue weighted by atomic mass is 79.9. The smallest absolute Gasteiger partial charge is 0.303 e. The third kappa shape index (κ3) is 1.25. The molecular formula is C11H16Br2O3. The van der Waals surface area contributed by atoms with Crippen molar-refractivity contribution in [1.29, 1.82) is 0 Å². The molecule has 0 aromatic heterocycles. The molecule has 92 valence electrons. The molecule has 2 fully saturated rings. The Morgan fingerprint density at radius 1 is 1.44 bits per heavy atom. The first-order valence-electron chi connectivity index (χ1n) is 5.41. The lowest BCUT2D eigenvalue weighted by Crippen LogP contribution is -2.47. The van der Waals surface area contributed by atoms with Gasteiger partial charge in [0.05, 0.1) is 16.8 Å². The molecule has 0 aromatic rings. The highest BCUT2D eigenvalue weighted by molar-refractivity contribution is 9.12. The topological polar surface area (TPSA) is 57.5 Å². The van der Waals surface area contributed by atoms with E-state index < -0.39 is 12.1 Å². The van der Waals surface area contributed by atoms with Gasteiger partial charge >= 0.3 is 5.97 Å². The first-order chi connectivity index (χ1) is 7.18. The van der Waals surface area contributed by atoms with E-state index in [1.54, 1.807) is 0 Å². The molecule has 0 spiro atoms. The Morgan fingerprint density at radius 2 is 2.00 bits per heavy atom. The van der Waals surface area contributed by atoms with Crippen molar-refractivity contribution in [1.82, 2.24) is 0 Å². The van der Waals surface area contributed by atoms with Crippen LogP contribution in [0.4, 0.5) is 0 Å². The second-order valence-corrected chi connectivity index (χ2v) is 8.03. The maximum atomic E-state index is 11.1. The zero-order chi connectivity index (χ0) is 12.4. The number of hydrogen-bond acceptors (Lipinski definition) is 2. The Kier molecular flexibility index (Phi) is 2.77. The molecule has 0 aliphatic heterocycles. The fourth-order valence-electron chi connectivity index (χ4n) is 3.60. The van der Waals surface area contributed by atoms with Gasteiger partial charge in [-0.1, -0.05) is 45.7 Å². The van der Waals surface area contributed by atoms with Crippen LogP contribution in [-0.2, 0) is 4.79 Å². The number of fused-ring (bicyclic) bond motifs is 2. The normalized spacial score (nSPS) is 49.6. The predicted octanol–water partition coefficient (Wildman–Crippen LogP) is 2.54. The molecule has 0 radical (unpaired) electrons. The van der Waals surface area contributed by atoms with E-state index in [0.717, 1.165) is 12.8 Å². The van der Waals surface area contributed by atoms with Crippen molar-refractivity contribution in [3.63, 3.8) is 0 Å². The SMILES string of the molecule is CC1(C)[C@@H](O)[C@@]2(Br)CC[C@]1(CC(=O)O)[C@@H]2Br. The maximum Gasteiger partial charge on any atom is 0.303 e. The van der Waals surface area contributed by atoms with Gasteiger partial charge in [0.2, 0.25) is 0 Å². The van der Waals surface area contributed by atoms with Crippen LogP contribution in [-0.4, -0.2) is 31.4 Å². The molecule has 4 atom stereocenters. The lowest BCUT2D eigenvalue weighted by atomic mass is 9.62. The molecular weight excluding hydrogens is 340 g/mol. The molecule has 0 amide bonds. The maximum absolute atomic E-state index is 11.1. The lowest BCUT2D eigenvalue weighted by molar-refractivity contribution is -0.143. The summed E-state index contributed by atoms with van der Waals surface area (Å²) in [6, 6.07) is 0. The molecule has 2 saturated carbocycles. The molecule has 0 heterocycles. The van der Waals surface area contributed by atoms with Gasteiger partial charge in [0, 0.05) is 10.2 Å². The number of hydrogen-bond donors (Lipinski definition) is 2. The molecule has 2 aliphatic carbocycles. The lowest BCUT2D eigenvalue weighted by Gasteiger charge is -2.45. The Balaban J connectivity index is 2.48. The van der Waals surface area contributed by atoms with Gasteiger partial charge in [0.25, 0.3) is 0 Å². The molecule has 0 saturated heterocycles. The number of aliphatic hydroxyl groups excluding tert-OH is 1. The van der Waals surface area contributed by atoms with Gasteiger partial charge in [-0.25, -0.2) is 0 Å². The predicted molar refractivity (Wildman–Crippen MR) is 68.1 cm³/mol. The molecule has 2 aliphatic rings. The number of aliphatic carboxylic acids is 1. The Morgan fingerprint density at radius 3 is 2.38 bits per heavy atom. The zero-order valence-corrected chi connectivity index (χ0v) is 12.5. The van der Waals surface area contributed by atoms with E-state index in [-0.39, 0.29) is 26.4 Å². The Hall–Kier alpha value is 0.390. The van der Waals surface area contributed by atoms with Crippen molar-refractivity contribution in [2.75, 3.05) is 0 Å². The minimum atomic E-state index is -0.789. The first kappa shape index (κ1) is 12.8. The van der Waals surface area contributed by atoms with Crippen LogP contribution in [0.15, 0.2) is 0 Å². The van der Waals surface area contributed by atoms with Gasteiger partial charge in [-0.15, -0.1) is 0 Å². The number of carbonyl (C=O) groups is 1. The standard InChI is InChI=1S/C11H16Br2O3/c1-9(2)8(16)11(13)4-3-10(9,7(11)12)5-6(14)15/h7-8,16H,3-5H2,1-2H3,(H,14,15)/t7-,8+,10-,11+/m0/s1. The van der Waals surface area contributed by atoms with Crippen LogP contribution in [0.25, 0.3) is 0 Å². The number of rotatable bonds is 2. The molecule has 5 heteroatoms. The Bertz CT molecular complexity index is 344. The highest BCUT2D eigenvalue weighted by Gasteiger charge is 2.74. The second kappa shape index (κ2) is 3.45. The van der Waals surface area contributed by atoms with Crippen molar-refractivity contribution in [2.24, 2.45) is 10.8 Å². The molecule has 2 N–H and O–H groups in total. The molecule has 0 unspecified atom stereocenters. The molecule has 2 rings (SSSR count). The fraction of sp³-hybridized carbons (Fsp3) is 0.909. The monoisotopic (exact) mass is 354 g/mol. The van der Waals surface area contributed by atoms with E-state index in [9.17, 15) is 9.90 Å². The van der Waals surface area contributed by atoms with Crippen LogP contribution in [0.1, 0.15) is 33.1 Å². The van der Waals surface area contributed by atoms with Gasteiger partial charge in [0.1, 0.15) is 0 Å². The average Bonchev–Trinajstić information content (AvgIpc) is 2.46. The van der Waals surface area contributed by atoms with Crippen molar-refractivity contribution < 1.29 is 15.0 Å². The van der Waals surface area contributed by atoms with Crippen LogP contribution >= 0.6 is 31.9 Å². The van der Waals surface area contributed by atoms with E-state index in [1.807, 2.05) is 13.8 Å². The number of halogens is 2. The molecule has 0 aromatic carbocycles. The summed E-state index contributed by atoms with van der Waals surface area (Å²) in [4.78, 5) is 11.1. The first-order valence-corrected chi connectivity index (χ1v) is 7.12. The summed E-state index contributed by atoms with van der Waals surface area (Å²) in [5, 5.41) is 19.5. The minimum absolute atomic E-state index is 0.00796. The van der Waals surface area contributed by atoms with E-state index in [2.05, 4.69) is 31.9 Å². The van der Waals surface area contributed by atoms with E-state index in [4.69, 9.17) is 5.11 Å². The van der Waals surface area contributed by atoms with Crippen LogP contribution in [0.3, 0.4) is 0 Å². The van der Waals surface area contributed by atoms with Gasteiger partial charge in [-0.3, -0.25) is 4.79 Å². The minimum Gasteiger partial charge on any atom is -0.481 e. The second-order valence-electron chi connectivity index (χ2n) is 5.64. The summed E-state index contributed by atoms with van der Waals surface area (Å²) < 4.78 is -0.369. The number of carboxylic acid groups (broad SMARTS) is 1. The molecule has 16 heavy (non-hydrogen) atoms. The fourth-order valence-corrected chi connectivity index (χ4v) is 6.27. The van der Waals surface area contributed by atoms with Crippen LogP contribution in [0.5, 0.6) is 0 Å². The van der Waals surface area contributed by atoms with Crippen LogP contribution in [0.2, 0.25) is 0 Å². The zero-order valence-electron chi connectivity index (χ0n) is 9.33. The summed E-state index contributed by atoms with van der Waals surface area (Å²) in [6.07, 6.45) is 1.25. The van der Waals surface area contributed by atoms with Gasteiger partial charge < -0.3 is 10.2 Å². The number of carboxylic acids is 1. The molecule has 2 bridgehead atoms. The van der Waals surface area contributed by atoms with Crippen LogP contribution in [0, 0.1) is 10.8 Å². The van der Waals surface area contributed by atoms with E-state index in [0.29, 0.717) is 0 Å². The van der Waals surface area contributed by atoms with E-state index >= 15 is 0 Å². The summed E-state index contributed by atoms with van der Waals surface area (Å²) in [5.74, 6) is -0.789.